The van der Waals surface area contributed by atoms with Crippen molar-refractivity contribution in [3.05, 3.63) is 76.9 Å². The van der Waals surface area contributed by atoms with Crippen molar-refractivity contribution in [2.45, 2.75) is 76.7 Å². The number of rotatable bonds is 7. The molecule has 34 heavy (non-hydrogen) atoms. The minimum Gasteiger partial charge on any atom is -0.390 e. The molecule has 0 spiro atoms. The normalized spacial score (nSPS) is 22.3. The standard InChI is InChI=1S/C28H32N4O2/c1-4-21-6-9-23(10-7-21)32-20(3)24(18-31-32)25(33)16-22-8-11-26(30-17-22)27(19-29)12-14-28(34,5-2)15-13-27/h6-11,17-18,34H,4-5,12-16H2,1-3H3. The number of aliphatic hydroxyl groups is 1. The van der Waals surface area contributed by atoms with E-state index in [-0.39, 0.29) is 12.2 Å². The van der Waals surface area contributed by atoms with Crippen molar-refractivity contribution >= 4 is 5.78 Å². The van der Waals surface area contributed by atoms with Crippen molar-refractivity contribution in [2.75, 3.05) is 0 Å². The number of aryl methyl sites for hydroxylation is 1. The van der Waals surface area contributed by atoms with E-state index in [0.717, 1.165) is 29.1 Å². The second-order valence-corrected chi connectivity index (χ2v) is 9.50. The zero-order valence-electron chi connectivity index (χ0n) is 20.2. The van der Waals surface area contributed by atoms with Crippen LogP contribution in [-0.4, -0.2) is 31.3 Å². The second-order valence-electron chi connectivity index (χ2n) is 9.50. The van der Waals surface area contributed by atoms with Gasteiger partial charge in [-0.05, 0) is 74.8 Å². The zero-order valence-corrected chi connectivity index (χ0v) is 20.2. The monoisotopic (exact) mass is 456 g/mol. The summed E-state index contributed by atoms with van der Waals surface area (Å²) in [5.74, 6) is -0.0100. The lowest BCUT2D eigenvalue weighted by molar-refractivity contribution is -0.0125. The Morgan fingerprint density at radius 1 is 1.06 bits per heavy atom. The van der Waals surface area contributed by atoms with E-state index in [0.29, 0.717) is 37.7 Å². The van der Waals surface area contributed by atoms with Gasteiger partial charge in [0.1, 0.15) is 0 Å². The number of hydrogen-bond acceptors (Lipinski definition) is 5. The number of aromatic nitrogens is 3. The molecule has 0 unspecified atom stereocenters. The molecule has 3 aromatic rings. The van der Waals surface area contributed by atoms with E-state index in [1.54, 1.807) is 17.1 Å². The van der Waals surface area contributed by atoms with Gasteiger partial charge in [-0.25, -0.2) is 4.68 Å². The van der Waals surface area contributed by atoms with E-state index in [2.05, 4.69) is 35.2 Å². The zero-order chi connectivity index (χ0) is 24.3. The van der Waals surface area contributed by atoms with Gasteiger partial charge in [0.05, 0.1) is 45.9 Å². The first-order chi connectivity index (χ1) is 16.3. The summed E-state index contributed by atoms with van der Waals surface area (Å²) >= 11 is 0. The first-order valence-corrected chi connectivity index (χ1v) is 12.1. The van der Waals surface area contributed by atoms with E-state index < -0.39 is 11.0 Å². The number of carbonyl (C=O) groups excluding carboxylic acids is 1. The highest BCUT2D eigenvalue weighted by Crippen LogP contribution is 2.43. The summed E-state index contributed by atoms with van der Waals surface area (Å²) in [7, 11) is 0. The van der Waals surface area contributed by atoms with Crippen molar-refractivity contribution in [2.24, 2.45) is 0 Å². The maximum Gasteiger partial charge on any atom is 0.170 e. The van der Waals surface area contributed by atoms with Gasteiger partial charge in [-0.2, -0.15) is 10.4 Å². The fourth-order valence-corrected chi connectivity index (χ4v) is 4.83. The van der Waals surface area contributed by atoms with E-state index >= 15 is 0 Å². The van der Waals surface area contributed by atoms with Crippen molar-refractivity contribution in [1.29, 1.82) is 5.26 Å². The summed E-state index contributed by atoms with van der Waals surface area (Å²) in [5, 5.41) is 24.9. The number of ketones is 1. The highest BCUT2D eigenvalue weighted by molar-refractivity contribution is 5.98. The molecule has 0 saturated heterocycles. The molecule has 0 aliphatic heterocycles. The highest BCUT2D eigenvalue weighted by Gasteiger charge is 2.43. The first kappa shape index (κ1) is 23.8. The Hall–Kier alpha value is -3.30. The van der Waals surface area contributed by atoms with Crippen LogP contribution in [0.2, 0.25) is 0 Å². The largest absolute Gasteiger partial charge is 0.390 e. The number of nitrogens with zero attached hydrogens (tertiary/aromatic N) is 4. The van der Waals surface area contributed by atoms with Crippen LogP contribution in [0.5, 0.6) is 0 Å². The fraction of sp³-hybridized carbons (Fsp3) is 0.429. The molecular weight excluding hydrogens is 424 g/mol. The maximum absolute atomic E-state index is 13.0. The summed E-state index contributed by atoms with van der Waals surface area (Å²) in [5.41, 5.74) is 3.79. The van der Waals surface area contributed by atoms with Crippen LogP contribution in [0.1, 0.15) is 78.8 Å². The van der Waals surface area contributed by atoms with Gasteiger partial charge in [0.25, 0.3) is 0 Å². The average Bonchev–Trinajstić information content (AvgIpc) is 3.26. The van der Waals surface area contributed by atoms with E-state index in [1.165, 1.54) is 5.56 Å². The van der Waals surface area contributed by atoms with Crippen LogP contribution >= 0.6 is 0 Å². The maximum atomic E-state index is 13.0. The predicted octanol–water partition coefficient (Wildman–Crippen LogP) is 5.04. The third kappa shape index (κ3) is 4.53. The number of benzene rings is 1. The van der Waals surface area contributed by atoms with Crippen LogP contribution in [-0.2, 0) is 18.3 Å². The molecule has 1 aliphatic rings. The molecule has 1 aromatic carbocycles. The van der Waals surface area contributed by atoms with Gasteiger partial charge in [0.15, 0.2) is 5.78 Å². The van der Waals surface area contributed by atoms with E-state index in [9.17, 15) is 15.2 Å². The van der Waals surface area contributed by atoms with Crippen molar-refractivity contribution in [3.8, 4) is 11.8 Å². The van der Waals surface area contributed by atoms with Gasteiger partial charge < -0.3 is 5.11 Å². The Morgan fingerprint density at radius 2 is 1.74 bits per heavy atom. The Kier molecular flexibility index (Phi) is 6.67. The molecule has 1 N–H and O–H groups in total. The SMILES string of the molecule is CCc1ccc(-n2ncc(C(=O)Cc3ccc(C4(C#N)CCC(O)(CC)CC4)nc3)c2C)cc1. The minimum atomic E-state index is -0.674. The van der Waals surface area contributed by atoms with Gasteiger partial charge in [-0.1, -0.05) is 32.0 Å². The van der Waals surface area contributed by atoms with Gasteiger partial charge >= 0.3 is 0 Å². The molecule has 0 bridgehead atoms. The highest BCUT2D eigenvalue weighted by atomic mass is 16.3. The lowest BCUT2D eigenvalue weighted by atomic mass is 9.67. The van der Waals surface area contributed by atoms with Gasteiger partial charge in [-0.15, -0.1) is 0 Å². The van der Waals surface area contributed by atoms with Crippen LogP contribution in [0.4, 0.5) is 0 Å². The number of hydrogen-bond donors (Lipinski definition) is 1. The molecule has 0 atom stereocenters. The Bertz CT molecular complexity index is 1190. The third-order valence-electron chi connectivity index (χ3n) is 7.49. The molecule has 176 valence electrons. The molecule has 4 rings (SSSR count). The van der Waals surface area contributed by atoms with Crippen molar-refractivity contribution in [1.82, 2.24) is 14.8 Å². The fourth-order valence-electron chi connectivity index (χ4n) is 4.83. The lowest BCUT2D eigenvalue weighted by Gasteiger charge is -2.39. The summed E-state index contributed by atoms with van der Waals surface area (Å²) in [6.45, 7) is 6.01. The molecule has 1 aliphatic carbocycles. The van der Waals surface area contributed by atoms with Crippen LogP contribution in [0.25, 0.3) is 5.69 Å². The van der Waals surface area contributed by atoms with Crippen LogP contribution in [0.15, 0.2) is 48.8 Å². The van der Waals surface area contributed by atoms with Gasteiger partial charge in [0, 0.05) is 12.6 Å². The summed E-state index contributed by atoms with van der Waals surface area (Å²) in [6, 6.07) is 14.4. The summed E-state index contributed by atoms with van der Waals surface area (Å²) < 4.78 is 1.80. The van der Waals surface area contributed by atoms with E-state index in [1.807, 2.05) is 38.1 Å². The topological polar surface area (TPSA) is 91.8 Å². The number of pyridine rings is 1. The average molecular weight is 457 g/mol. The molecule has 1 saturated carbocycles. The first-order valence-electron chi connectivity index (χ1n) is 12.1. The quantitative estimate of drug-likeness (QED) is 0.503. The summed E-state index contributed by atoms with van der Waals surface area (Å²) in [6.07, 6.45) is 7.63. The predicted molar refractivity (Wildman–Crippen MR) is 131 cm³/mol. The smallest absolute Gasteiger partial charge is 0.170 e. The third-order valence-corrected chi connectivity index (χ3v) is 7.49. The number of Topliss-reactive ketones (excluding diaryl/α,β-unsaturated/α-hetero) is 1. The van der Waals surface area contributed by atoms with Gasteiger partial charge in [-0.3, -0.25) is 9.78 Å². The molecule has 2 aromatic heterocycles. The number of nitriles is 1. The lowest BCUT2D eigenvalue weighted by Crippen LogP contribution is -2.40. The Labute approximate surface area is 201 Å². The summed E-state index contributed by atoms with van der Waals surface area (Å²) in [4.78, 5) is 17.6. The van der Waals surface area contributed by atoms with Crippen LogP contribution in [0.3, 0.4) is 0 Å². The molecular formula is C28H32N4O2. The van der Waals surface area contributed by atoms with Crippen molar-refractivity contribution in [3.63, 3.8) is 0 Å². The van der Waals surface area contributed by atoms with Gasteiger partial charge in [0.2, 0.25) is 0 Å². The Morgan fingerprint density at radius 3 is 2.29 bits per heavy atom. The molecule has 6 nitrogen and oxygen atoms in total. The number of carbonyl (C=O) groups is 1. The Balaban J connectivity index is 1.47. The second kappa shape index (κ2) is 9.52. The van der Waals surface area contributed by atoms with E-state index in [4.69, 9.17) is 0 Å². The van der Waals surface area contributed by atoms with Crippen LogP contribution < -0.4 is 0 Å². The molecule has 0 amide bonds. The molecule has 0 radical (unpaired) electrons. The van der Waals surface area contributed by atoms with Crippen LogP contribution in [0, 0.1) is 18.3 Å². The molecule has 1 fully saturated rings. The van der Waals surface area contributed by atoms with Crippen molar-refractivity contribution < 1.29 is 9.90 Å². The minimum absolute atomic E-state index is 0.0100. The molecule has 2 heterocycles. The molecule has 6 heteroatoms.